The van der Waals surface area contributed by atoms with Crippen LogP contribution < -0.4 is 24.4 Å². The van der Waals surface area contributed by atoms with E-state index in [4.69, 9.17) is 14.2 Å². The van der Waals surface area contributed by atoms with Crippen molar-refractivity contribution in [2.45, 2.75) is 24.5 Å². The monoisotopic (exact) mass is 709 g/mol. The molecule has 4 heterocycles. The molecule has 0 saturated carbocycles. The number of amides is 3. The first-order chi connectivity index (χ1) is 25.7. The van der Waals surface area contributed by atoms with Gasteiger partial charge in [-0.05, 0) is 54.6 Å². The maximum Gasteiger partial charge on any atom is 0.272 e. The minimum atomic E-state index is -1.32. The zero-order valence-electron chi connectivity index (χ0n) is 28.8. The number of rotatable bonds is 7. The summed E-state index contributed by atoms with van der Waals surface area (Å²) >= 11 is 0. The van der Waals surface area contributed by atoms with Crippen LogP contribution in [0.25, 0.3) is 0 Å². The van der Waals surface area contributed by atoms with Gasteiger partial charge in [0.05, 0.1) is 5.69 Å². The van der Waals surface area contributed by atoms with Crippen molar-refractivity contribution in [1.82, 2.24) is 20.2 Å². The third-order valence-corrected chi connectivity index (χ3v) is 8.85. The van der Waals surface area contributed by atoms with E-state index >= 15 is 0 Å². The summed E-state index contributed by atoms with van der Waals surface area (Å²) < 4.78 is 17.6. The Balaban J connectivity index is 0.964. The molecule has 1 saturated heterocycles. The second kappa shape index (κ2) is 15.3. The minimum Gasteiger partial charge on any atom is -0.489 e. The lowest BCUT2D eigenvalue weighted by molar-refractivity contribution is -0.120. The van der Waals surface area contributed by atoms with Gasteiger partial charge in [-0.2, -0.15) is 0 Å². The van der Waals surface area contributed by atoms with E-state index in [2.05, 4.69) is 27.1 Å². The number of fused-ring (bicyclic) bond motifs is 1. The molecule has 0 radical (unpaired) electrons. The van der Waals surface area contributed by atoms with Crippen molar-refractivity contribution >= 4 is 23.4 Å². The molecule has 0 unspecified atom stereocenters. The van der Waals surface area contributed by atoms with Crippen molar-refractivity contribution < 1.29 is 33.7 Å². The van der Waals surface area contributed by atoms with Crippen LogP contribution in [0.15, 0.2) is 116 Å². The average Bonchev–Trinajstić information content (AvgIpc) is 3.30. The van der Waals surface area contributed by atoms with Crippen molar-refractivity contribution in [1.29, 1.82) is 0 Å². The smallest absolute Gasteiger partial charge is 0.272 e. The van der Waals surface area contributed by atoms with E-state index in [0.29, 0.717) is 40.0 Å². The standard InChI is InChI=1S/C41H35N5O7/c1-45-36-24-28(14-17-41(50)18-22-46(23-19-41)40(49)34-26-32(16-21-43-34)53-30-10-6-3-7-11-30)12-13-37(36)51-27-35(39(45)48)44-38(47)33-25-31(15-20-42-33)52-29-8-4-2-5-9-29/h2-13,15-16,20-21,24-26,35,50H,18-19,22-23,27H2,1H3,(H,44,47)/t35-/m1/s1. The molecule has 12 nitrogen and oxygen atoms in total. The molecule has 3 aromatic carbocycles. The Morgan fingerprint density at radius 3 is 2.08 bits per heavy atom. The quantitative estimate of drug-likeness (QED) is 0.217. The fourth-order valence-electron chi connectivity index (χ4n) is 5.91. The topological polar surface area (TPSA) is 143 Å². The highest BCUT2D eigenvalue weighted by atomic mass is 16.5. The van der Waals surface area contributed by atoms with Crippen molar-refractivity contribution in [3.05, 3.63) is 132 Å². The maximum atomic E-state index is 13.5. The number of hydrogen-bond acceptors (Lipinski definition) is 9. The van der Waals surface area contributed by atoms with Gasteiger partial charge >= 0.3 is 0 Å². The van der Waals surface area contributed by atoms with Gasteiger partial charge in [0.25, 0.3) is 17.7 Å². The molecule has 53 heavy (non-hydrogen) atoms. The molecule has 1 fully saturated rings. The summed E-state index contributed by atoms with van der Waals surface area (Å²) in [6, 6.07) is 29.0. The van der Waals surface area contributed by atoms with Crippen LogP contribution in [0.3, 0.4) is 0 Å². The Bertz CT molecular complexity index is 2200. The van der Waals surface area contributed by atoms with Gasteiger partial charge in [-0.15, -0.1) is 0 Å². The molecule has 1 atom stereocenters. The first-order valence-corrected chi connectivity index (χ1v) is 17.0. The van der Waals surface area contributed by atoms with E-state index in [9.17, 15) is 19.5 Å². The number of pyridine rings is 2. The zero-order chi connectivity index (χ0) is 36.8. The lowest BCUT2D eigenvalue weighted by atomic mass is 9.91. The summed E-state index contributed by atoms with van der Waals surface area (Å²) in [5, 5.41) is 14.0. The first kappa shape index (κ1) is 34.7. The molecule has 0 bridgehead atoms. The molecule has 12 heteroatoms. The molecule has 2 aliphatic heterocycles. The number of aromatic nitrogens is 2. The molecule has 5 aromatic rings. The number of benzene rings is 3. The highest BCUT2D eigenvalue weighted by Crippen LogP contribution is 2.32. The number of ether oxygens (including phenoxy) is 3. The van der Waals surface area contributed by atoms with Gasteiger partial charge in [0, 0.05) is 63.1 Å². The number of nitrogens with zero attached hydrogens (tertiary/aromatic N) is 4. The van der Waals surface area contributed by atoms with Crippen LogP contribution in [0.1, 0.15) is 39.4 Å². The normalized spacial score (nSPS) is 16.2. The van der Waals surface area contributed by atoms with E-state index in [1.165, 1.54) is 23.4 Å². The molecule has 7 rings (SSSR count). The summed E-state index contributed by atoms with van der Waals surface area (Å²) in [7, 11) is 1.59. The van der Waals surface area contributed by atoms with Gasteiger partial charge in [0.15, 0.2) is 0 Å². The summed E-state index contributed by atoms with van der Waals surface area (Å²) in [6.07, 6.45) is 3.49. The minimum absolute atomic E-state index is 0.0839. The Labute approximate surface area is 306 Å². The lowest BCUT2D eigenvalue weighted by Gasteiger charge is -2.34. The number of carbonyl (C=O) groups excluding carboxylic acids is 3. The van der Waals surface area contributed by atoms with E-state index in [-0.39, 0.29) is 55.7 Å². The fraction of sp³-hybridized carbons (Fsp3) is 0.195. The number of likely N-dealkylation sites (N-methyl/N-ethyl adjacent to an activating group) is 1. The van der Waals surface area contributed by atoms with Crippen LogP contribution >= 0.6 is 0 Å². The number of likely N-dealkylation sites (tertiary alicyclic amines) is 1. The highest BCUT2D eigenvalue weighted by Gasteiger charge is 2.34. The molecular weight excluding hydrogens is 674 g/mol. The molecule has 266 valence electrons. The molecule has 0 aliphatic carbocycles. The number of piperidine rings is 1. The lowest BCUT2D eigenvalue weighted by Crippen LogP contribution is -2.49. The van der Waals surface area contributed by atoms with E-state index in [1.807, 2.05) is 48.5 Å². The Hall–Kier alpha value is -6.71. The summed E-state index contributed by atoms with van der Waals surface area (Å²) in [5.74, 6) is 7.45. The largest absolute Gasteiger partial charge is 0.489 e. The summed E-state index contributed by atoms with van der Waals surface area (Å²) in [6.45, 7) is 0.484. The number of nitrogens with one attached hydrogen (secondary N) is 1. The van der Waals surface area contributed by atoms with Crippen molar-refractivity contribution in [3.63, 3.8) is 0 Å². The molecular formula is C41H35N5O7. The predicted molar refractivity (Wildman–Crippen MR) is 195 cm³/mol. The van der Waals surface area contributed by atoms with E-state index in [1.54, 1.807) is 60.5 Å². The van der Waals surface area contributed by atoms with Gasteiger partial charge in [-0.3, -0.25) is 24.4 Å². The third-order valence-electron chi connectivity index (χ3n) is 8.85. The van der Waals surface area contributed by atoms with Crippen LogP contribution in [0, 0.1) is 11.8 Å². The third kappa shape index (κ3) is 8.27. The fourth-order valence-corrected chi connectivity index (χ4v) is 5.91. The Kier molecular flexibility index (Phi) is 10.0. The molecule has 0 spiro atoms. The maximum absolute atomic E-state index is 13.5. The van der Waals surface area contributed by atoms with Gasteiger partial charge in [0.1, 0.15) is 58.4 Å². The first-order valence-electron chi connectivity index (χ1n) is 17.0. The van der Waals surface area contributed by atoms with Crippen molar-refractivity contribution in [2.75, 3.05) is 31.6 Å². The second-order valence-electron chi connectivity index (χ2n) is 12.6. The van der Waals surface area contributed by atoms with Crippen molar-refractivity contribution in [3.8, 4) is 40.6 Å². The SMILES string of the molecule is CN1C(=O)[C@H](NC(=O)c2cc(Oc3ccccc3)ccn2)COc2ccc(C#CC3(O)CCN(C(=O)c4cc(Oc5ccccc5)ccn4)CC3)cc21. The molecule has 2 aromatic heterocycles. The van der Waals surface area contributed by atoms with Gasteiger partial charge in [0.2, 0.25) is 0 Å². The van der Waals surface area contributed by atoms with Gasteiger partial charge < -0.3 is 34.4 Å². The van der Waals surface area contributed by atoms with Gasteiger partial charge in [-0.25, -0.2) is 0 Å². The Morgan fingerprint density at radius 1 is 0.830 bits per heavy atom. The number of anilines is 1. The van der Waals surface area contributed by atoms with E-state index in [0.717, 1.165) is 0 Å². The van der Waals surface area contributed by atoms with Crippen LogP contribution in [-0.4, -0.2) is 76.1 Å². The second-order valence-corrected chi connectivity index (χ2v) is 12.6. The number of para-hydroxylation sites is 2. The number of aliphatic hydroxyl groups is 1. The molecule has 3 amide bonds. The summed E-state index contributed by atoms with van der Waals surface area (Å²) in [5.41, 5.74) is 0.0385. The van der Waals surface area contributed by atoms with Crippen LogP contribution in [0.2, 0.25) is 0 Å². The average molecular weight is 710 g/mol. The van der Waals surface area contributed by atoms with E-state index < -0.39 is 17.6 Å². The number of hydrogen-bond donors (Lipinski definition) is 2. The Morgan fingerprint density at radius 2 is 1.43 bits per heavy atom. The number of carbonyl (C=O) groups is 3. The van der Waals surface area contributed by atoms with Crippen LogP contribution in [-0.2, 0) is 4.79 Å². The van der Waals surface area contributed by atoms with Crippen molar-refractivity contribution in [2.24, 2.45) is 0 Å². The summed E-state index contributed by atoms with van der Waals surface area (Å²) in [4.78, 5) is 51.4. The van der Waals surface area contributed by atoms with Gasteiger partial charge in [-0.1, -0.05) is 48.2 Å². The van der Waals surface area contributed by atoms with Crippen LogP contribution in [0.5, 0.6) is 28.7 Å². The predicted octanol–water partition coefficient (Wildman–Crippen LogP) is 5.23. The molecule has 2 aliphatic rings. The molecule has 2 N–H and O–H groups in total. The zero-order valence-corrected chi connectivity index (χ0v) is 28.8. The highest BCUT2D eigenvalue weighted by molar-refractivity contribution is 6.03. The van der Waals surface area contributed by atoms with Crippen LogP contribution in [0.4, 0.5) is 5.69 Å².